The van der Waals surface area contributed by atoms with Crippen LogP contribution in [0.15, 0.2) is 10.8 Å². The molecule has 1 rings (SSSR count). The van der Waals surface area contributed by atoms with Gasteiger partial charge in [-0.2, -0.15) is 0 Å². The first-order chi connectivity index (χ1) is 5.25. The van der Waals surface area contributed by atoms with Crippen LogP contribution < -0.4 is 0 Å². The summed E-state index contributed by atoms with van der Waals surface area (Å²) in [5.41, 5.74) is 0. The first-order valence-electron chi connectivity index (χ1n) is 3.40. The summed E-state index contributed by atoms with van der Waals surface area (Å²) in [6, 6.07) is 0. The van der Waals surface area contributed by atoms with Crippen LogP contribution in [0, 0.1) is 0 Å². The summed E-state index contributed by atoms with van der Waals surface area (Å²) in [6.45, 7) is 0.720. The zero-order valence-corrected chi connectivity index (χ0v) is 8.26. The van der Waals surface area contributed by atoms with Crippen LogP contribution in [0.3, 0.4) is 0 Å². The van der Waals surface area contributed by atoms with Crippen molar-refractivity contribution < 1.29 is 4.74 Å². The van der Waals surface area contributed by atoms with Crippen LogP contribution in [-0.4, -0.2) is 23.3 Å². The molecule has 0 saturated carbocycles. The third-order valence-electron chi connectivity index (χ3n) is 1.56. The normalized spacial score (nSPS) is 10.5. The summed E-state index contributed by atoms with van der Waals surface area (Å²) in [5, 5.41) is 0. The van der Waals surface area contributed by atoms with E-state index in [1.807, 2.05) is 11.6 Å². The van der Waals surface area contributed by atoms with E-state index < -0.39 is 0 Å². The summed E-state index contributed by atoms with van der Waals surface area (Å²) in [6.07, 6.45) is 2.66. The molecule has 3 nitrogen and oxygen atoms in total. The van der Waals surface area contributed by atoms with Crippen LogP contribution in [-0.2, 0) is 18.2 Å². The van der Waals surface area contributed by atoms with Crippen molar-refractivity contribution in [1.82, 2.24) is 9.55 Å². The Morgan fingerprint density at radius 1 is 1.73 bits per heavy atom. The van der Waals surface area contributed by atoms with Crippen molar-refractivity contribution >= 4 is 15.9 Å². The standard InChI is InChI=1S/C7H11BrN2O/c1-10-6(8)5-9-7(10)3-4-11-2/h5H,3-4H2,1-2H3. The Balaban J connectivity index is 2.63. The number of rotatable bonds is 3. The third-order valence-corrected chi connectivity index (χ3v) is 2.29. The Labute approximate surface area is 74.5 Å². The maximum atomic E-state index is 4.94. The first-order valence-corrected chi connectivity index (χ1v) is 4.20. The van der Waals surface area contributed by atoms with Gasteiger partial charge in [0.25, 0.3) is 0 Å². The molecule has 1 aromatic rings. The lowest BCUT2D eigenvalue weighted by molar-refractivity contribution is 0.200. The molecule has 1 heterocycles. The van der Waals surface area contributed by atoms with Crippen LogP contribution in [0.4, 0.5) is 0 Å². The van der Waals surface area contributed by atoms with Gasteiger partial charge in [-0.25, -0.2) is 4.98 Å². The topological polar surface area (TPSA) is 27.1 Å². The molecule has 0 aromatic carbocycles. The van der Waals surface area contributed by atoms with Gasteiger partial charge in [0.2, 0.25) is 0 Å². The second-order valence-corrected chi connectivity index (χ2v) is 3.11. The molecule has 0 atom stereocenters. The summed E-state index contributed by atoms with van der Waals surface area (Å²) in [4.78, 5) is 4.19. The van der Waals surface area contributed by atoms with Gasteiger partial charge in [0, 0.05) is 20.6 Å². The van der Waals surface area contributed by atoms with Gasteiger partial charge in [-0.05, 0) is 15.9 Å². The van der Waals surface area contributed by atoms with E-state index in [0.29, 0.717) is 0 Å². The third kappa shape index (κ3) is 2.04. The average Bonchev–Trinajstić information content (AvgIpc) is 2.31. The summed E-state index contributed by atoms with van der Waals surface area (Å²) in [5.74, 6) is 1.04. The van der Waals surface area contributed by atoms with E-state index in [2.05, 4.69) is 20.9 Å². The van der Waals surface area contributed by atoms with Crippen molar-refractivity contribution in [2.45, 2.75) is 6.42 Å². The summed E-state index contributed by atoms with van der Waals surface area (Å²) >= 11 is 3.37. The molecule has 0 bridgehead atoms. The van der Waals surface area contributed by atoms with Crippen molar-refractivity contribution in [2.24, 2.45) is 7.05 Å². The molecule has 0 saturated heterocycles. The molecule has 0 radical (unpaired) electrons. The minimum Gasteiger partial charge on any atom is -0.384 e. The minimum atomic E-state index is 0.720. The maximum Gasteiger partial charge on any atom is 0.111 e. The molecule has 0 aliphatic heterocycles. The summed E-state index contributed by atoms with van der Waals surface area (Å²) in [7, 11) is 3.67. The SMILES string of the molecule is COCCc1ncc(Br)n1C. The van der Waals surface area contributed by atoms with Crippen LogP contribution in [0.5, 0.6) is 0 Å². The van der Waals surface area contributed by atoms with E-state index in [0.717, 1.165) is 23.5 Å². The minimum absolute atomic E-state index is 0.720. The number of nitrogens with zero attached hydrogens (tertiary/aromatic N) is 2. The smallest absolute Gasteiger partial charge is 0.111 e. The Morgan fingerprint density at radius 3 is 2.91 bits per heavy atom. The number of imidazole rings is 1. The average molecular weight is 219 g/mol. The fourth-order valence-corrected chi connectivity index (χ4v) is 1.16. The van der Waals surface area contributed by atoms with Crippen LogP contribution in [0.1, 0.15) is 5.82 Å². The fourth-order valence-electron chi connectivity index (χ4n) is 0.850. The maximum absolute atomic E-state index is 4.94. The number of ether oxygens (including phenoxy) is 1. The highest BCUT2D eigenvalue weighted by Gasteiger charge is 2.01. The predicted molar refractivity (Wildman–Crippen MR) is 46.5 cm³/mol. The van der Waals surface area contributed by atoms with Crippen molar-refractivity contribution in [3.63, 3.8) is 0 Å². The summed E-state index contributed by atoms with van der Waals surface area (Å²) < 4.78 is 7.94. The van der Waals surface area contributed by atoms with Crippen molar-refractivity contribution in [3.05, 3.63) is 16.6 Å². The van der Waals surface area contributed by atoms with Gasteiger partial charge in [-0.1, -0.05) is 0 Å². The quantitative estimate of drug-likeness (QED) is 0.767. The van der Waals surface area contributed by atoms with E-state index in [4.69, 9.17) is 4.74 Å². The predicted octanol–water partition coefficient (Wildman–Crippen LogP) is 1.37. The molecule has 0 unspecified atom stereocenters. The van der Waals surface area contributed by atoms with Gasteiger partial charge in [0.1, 0.15) is 10.4 Å². The Morgan fingerprint density at radius 2 is 2.45 bits per heavy atom. The van der Waals surface area contributed by atoms with Gasteiger partial charge in [0.15, 0.2) is 0 Å². The molecule has 62 valence electrons. The number of halogens is 1. The monoisotopic (exact) mass is 218 g/mol. The molecule has 0 spiro atoms. The molecule has 0 fully saturated rings. The van der Waals surface area contributed by atoms with Crippen LogP contribution >= 0.6 is 15.9 Å². The molecule has 0 amide bonds. The Bertz CT molecular complexity index is 234. The number of aromatic nitrogens is 2. The molecule has 4 heteroatoms. The van der Waals surface area contributed by atoms with Gasteiger partial charge in [-0.3, -0.25) is 0 Å². The zero-order chi connectivity index (χ0) is 8.27. The second-order valence-electron chi connectivity index (χ2n) is 2.30. The van der Waals surface area contributed by atoms with E-state index in [1.165, 1.54) is 0 Å². The van der Waals surface area contributed by atoms with Gasteiger partial charge < -0.3 is 9.30 Å². The Kier molecular flexibility index (Phi) is 3.08. The molecule has 1 aromatic heterocycles. The highest BCUT2D eigenvalue weighted by Crippen LogP contribution is 2.10. The highest BCUT2D eigenvalue weighted by molar-refractivity contribution is 9.10. The molecule has 0 N–H and O–H groups in total. The fraction of sp³-hybridized carbons (Fsp3) is 0.571. The van der Waals surface area contributed by atoms with Crippen molar-refractivity contribution in [3.8, 4) is 0 Å². The molecule has 11 heavy (non-hydrogen) atoms. The van der Waals surface area contributed by atoms with Crippen LogP contribution in [0.2, 0.25) is 0 Å². The first kappa shape index (κ1) is 8.74. The Hall–Kier alpha value is -0.350. The van der Waals surface area contributed by atoms with Gasteiger partial charge in [0.05, 0.1) is 12.8 Å². The van der Waals surface area contributed by atoms with E-state index >= 15 is 0 Å². The van der Waals surface area contributed by atoms with E-state index in [1.54, 1.807) is 13.3 Å². The van der Waals surface area contributed by atoms with E-state index in [9.17, 15) is 0 Å². The lowest BCUT2D eigenvalue weighted by atomic mass is 10.4. The number of hydrogen-bond donors (Lipinski definition) is 0. The zero-order valence-electron chi connectivity index (χ0n) is 6.67. The van der Waals surface area contributed by atoms with Crippen LogP contribution in [0.25, 0.3) is 0 Å². The van der Waals surface area contributed by atoms with Gasteiger partial charge >= 0.3 is 0 Å². The molecular formula is C7H11BrN2O. The van der Waals surface area contributed by atoms with Crippen molar-refractivity contribution in [2.75, 3.05) is 13.7 Å². The molecular weight excluding hydrogens is 208 g/mol. The van der Waals surface area contributed by atoms with E-state index in [-0.39, 0.29) is 0 Å². The largest absolute Gasteiger partial charge is 0.384 e. The molecule has 0 aliphatic carbocycles. The number of hydrogen-bond acceptors (Lipinski definition) is 2. The second kappa shape index (κ2) is 3.88. The lowest BCUT2D eigenvalue weighted by Gasteiger charge is -2.00. The molecule has 0 aliphatic rings. The van der Waals surface area contributed by atoms with Gasteiger partial charge in [-0.15, -0.1) is 0 Å². The number of methoxy groups -OCH3 is 1. The highest BCUT2D eigenvalue weighted by atomic mass is 79.9. The lowest BCUT2D eigenvalue weighted by Crippen LogP contribution is -2.02. The van der Waals surface area contributed by atoms with Crippen molar-refractivity contribution in [1.29, 1.82) is 0 Å².